The fourth-order valence-corrected chi connectivity index (χ4v) is 2.22. The van der Waals surface area contributed by atoms with E-state index in [4.69, 9.17) is 5.11 Å². The highest BCUT2D eigenvalue weighted by molar-refractivity contribution is 7.99. The van der Waals surface area contributed by atoms with E-state index in [9.17, 15) is 8.78 Å². The number of nitrogens with one attached hydrogen (secondary N) is 1. The van der Waals surface area contributed by atoms with Crippen LogP contribution in [-0.4, -0.2) is 30.4 Å². The minimum absolute atomic E-state index is 0.166. The Morgan fingerprint density at radius 3 is 2.37 bits per heavy atom. The Morgan fingerprint density at radius 1 is 1.21 bits per heavy atom. The van der Waals surface area contributed by atoms with E-state index in [-0.39, 0.29) is 24.3 Å². The van der Waals surface area contributed by atoms with Gasteiger partial charge in [0, 0.05) is 24.1 Å². The van der Waals surface area contributed by atoms with Gasteiger partial charge in [0.15, 0.2) is 0 Å². The van der Waals surface area contributed by atoms with Gasteiger partial charge in [0.2, 0.25) is 6.43 Å². The molecule has 0 aliphatic carbocycles. The number of rotatable bonds is 8. The van der Waals surface area contributed by atoms with Crippen LogP contribution < -0.4 is 5.32 Å². The Bertz CT molecular complexity index is 359. The zero-order chi connectivity index (χ0) is 14.3. The van der Waals surface area contributed by atoms with Gasteiger partial charge in [-0.15, -0.1) is 11.8 Å². The molecule has 2 atom stereocenters. The maximum Gasteiger partial charge on any atom is 0.247 e. The highest BCUT2D eigenvalue weighted by Crippen LogP contribution is 2.22. The van der Waals surface area contributed by atoms with Crippen LogP contribution >= 0.6 is 11.8 Å². The smallest absolute Gasteiger partial charge is 0.247 e. The summed E-state index contributed by atoms with van der Waals surface area (Å²) in [5.74, 6) is 0.0598. The predicted molar refractivity (Wildman–Crippen MR) is 75.8 cm³/mol. The SMILES string of the molecule is CC(CO)CNC(C)c1ccc(SCC(F)F)cc1. The second-order valence-corrected chi connectivity index (χ2v) is 5.78. The molecule has 0 radical (unpaired) electrons. The summed E-state index contributed by atoms with van der Waals surface area (Å²) in [6.07, 6.45) is -2.27. The van der Waals surface area contributed by atoms with Crippen LogP contribution in [0.1, 0.15) is 25.5 Å². The number of thioether (sulfide) groups is 1. The average molecular weight is 289 g/mol. The van der Waals surface area contributed by atoms with Crippen LogP contribution in [0.25, 0.3) is 0 Å². The molecule has 0 aliphatic heterocycles. The maximum atomic E-state index is 12.1. The van der Waals surface area contributed by atoms with Gasteiger partial charge < -0.3 is 10.4 Å². The maximum absolute atomic E-state index is 12.1. The number of hydrogen-bond acceptors (Lipinski definition) is 3. The van der Waals surface area contributed by atoms with Gasteiger partial charge >= 0.3 is 0 Å². The molecule has 1 aromatic rings. The van der Waals surface area contributed by atoms with Crippen LogP contribution in [0.4, 0.5) is 8.78 Å². The van der Waals surface area contributed by atoms with E-state index in [2.05, 4.69) is 5.32 Å². The summed E-state index contributed by atoms with van der Waals surface area (Å²) in [6, 6.07) is 7.83. The van der Waals surface area contributed by atoms with Crippen molar-refractivity contribution >= 4 is 11.8 Å². The molecule has 0 spiro atoms. The second-order valence-electron chi connectivity index (χ2n) is 4.69. The number of halogens is 2. The standard InChI is InChI=1S/C14H21F2NOS/c1-10(8-18)7-17-11(2)12-3-5-13(6-4-12)19-9-14(15)16/h3-6,10-11,14,17-18H,7-9H2,1-2H3. The third-order valence-corrected chi connectivity index (χ3v) is 3.86. The zero-order valence-corrected chi connectivity index (χ0v) is 12.1. The van der Waals surface area contributed by atoms with Crippen LogP contribution in [0.15, 0.2) is 29.2 Å². The first-order chi connectivity index (χ1) is 9.02. The lowest BCUT2D eigenvalue weighted by molar-refractivity contribution is 0.177. The van der Waals surface area contributed by atoms with Gasteiger partial charge in [-0.05, 0) is 30.5 Å². The molecule has 5 heteroatoms. The minimum Gasteiger partial charge on any atom is -0.396 e. The molecule has 0 aliphatic rings. The summed E-state index contributed by atoms with van der Waals surface area (Å²) >= 11 is 1.17. The first-order valence-electron chi connectivity index (χ1n) is 6.38. The quantitative estimate of drug-likeness (QED) is 0.720. The Kier molecular flexibility index (Phi) is 7.34. The Morgan fingerprint density at radius 2 is 1.84 bits per heavy atom. The molecule has 1 rings (SSSR count). The number of benzene rings is 1. The largest absolute Gasteiger partial charge is 0.396 e. The lowest BCUT2D eigenvalue weighted by Gasteiger charge is -2.17. The average Bonchev–Trinajstić information content (AvgIpc) is 2.42. The summed E-state index contributed by atoms with van der Waals surface area (Å²) in [5, 5.41) is 12.3. The van der Waals surface area contributed by atoms with Crippen molar-refractivity contribution in [3.8, 4) is 0 Å². The van der Waals surface area contributed by atoms with Crippen molar-refractivity contribution in [2.75, 3.05) is 18.9 Å². The molecule has 0 heterocycles. The van der Waals surface area contributed by atoms with E-state index in [0.29, 0.717) is 0 Å². The van der Waals surface area contributed by atoms with Crippen LogP contribution in [0.5, 0.6) is 0 Å². The fourth-order valence-electron chi connectivity index (χ4n) is 1.57. The molecule has 0 aromatic heterocycles. The second kappa shape index (κ2) is 8.51. The molecule has 0 fully saturated rings. The van der Waals surface area contributed by atoms with Crippen LogP contribution in [-0.2, 0) is 0 Å². The monoisotopic (exact) mass is 289 g/mol. The lowest BCUT2D eigenvalue weighted by atomic mass is 10.1. The first-order valence-corrected chi connectivity index (χ1v) is 7.36. The molecule has 0 saturated carbocycles. The normalized spacial score (nSPS) is 14.6. The Labute approximate surface area is 117 Å². The van der Waals surface area contributed by atoms with Gasteiger partial charge in [-0.1, -0.05) is 19.1 Å². The summed E-state index contributed by atoms with van der Waals surface area (Å²) in [4.78, 5) is 0.861. The highest BCUT2D eigenvalue weighted by atomic mass is 32.2. The Balaban J connectivity index is 2.46. The van der Waals surface area contributed by atoms with Crippen molar-refractivity contribution in [3.63, 3.8) is 0 Å². The number of alkyl halides is 2. The fraction of sp³-hybridized carbons (Fsp3) is 0.571. The van der Waals surface area contributed by atoms with E-state index in [1.54, 1.807) is 0 Å². The molecular formula is C14H21F2NOS. The van der Waals surface area contributed by atoms with Gasteiger partial charge in [-0.25, -0.2) is 8.78 Å². The third-order valence-electron chi connectivity index (χ3n) is 2.84. The molecule has 2 N–H and O–H groups in total. The highest BCUT2D eigenvalue weighted by Gasteiger charge is 2.08. The van der Waals surface area contributed by atoms with E-state index >= 15 is 0 Å². The van der Waals surface area contributed by atoms with Crippen molar-refractivity contribution in [1.29, 1.82) is 0 Å². The van der Waals surface area contributed by atoms with Crippen LogP contribution in [0.3, 0.4) is 0 Å². The van der Waals surface area contributed by atoms with Crippen molar-refractivity contribution in [3.05, 3.63) is 29.8 Å². The zero-order valence-electron chi connectivity index (χ0n) is 11.3. The topological polar surface area (TPSA) is 32.3 Å². The van der Waals surface area contributed by atoms with Gasteiger partial charge in [-0.2, -0.15) is 0 Å². The molecule has 2 unspecified atom stereocenters. The van der Waals surface area contributed by atoms with Crippen LogP contribution in [0, 0.1) is 5.92 Å². The summed E-state index contributed by atoms with van der Waals surface area (Å²) < 4.78 is 24.2. The van der Waals surface area contributed by atoms with Crippen molar-refractivity contribution in [2.24, 2.45) is 5.92 Å². The molecule has 19 heavy (non-hydrogen) atoms. The Hall–Kier alpha value is -0.650. The third kappa shape index (κ3) is 6.36. The summed E-state index contributed by atoms with van der Waals surface area (Å²) in [5.41, 5.74) is 1.12. The summed E-state index contributed by atoms with van der Waals surface area (Å²) in [7, 11) is 0. The lowest BCUT2D eigenvalue weighted by Crippen LogP contribution is -2.26. The number of aliphatic hydroxyl groups is 1. The molecule has 108 valence electrons. The predicted octanol–water partition coefficient (Wildman–Crippen LogP) is 3.32. The van der Waals surface area contributed by atoms with Crippen molar-refractivity contribution in [1.82, 2.24) is 5.32 Å². The molecule has 2 nitrogen and oxygen atoms in total. The van der Waals surface area contributed by atoms with Gasteiger partial charge in [-0.3, -0.25) is 0 Å². The van der Waals surface area contributed by atoms with E-state index in [0.717, 1.165) is 17.0 Å². The molecule has 0 saturated heterocycles. The molecule has 0 amide bonds. The van der Waals surface area contributed by atoms with Gasteiger partial charge in [0.1, 0.15) is 0 Å². The summed E-state index contributed by atoms with van der Waals surface area (Å²) in [6.45, 7) is 4.94. The van der Waals surface area contributed by atoms with Crippen molar-refractivity contribution in [2.45, 2.75) is 31.2 Å². The molecule has 0 bridgehead atoms. The number of aliphatic hydroxyl groups excluding tert-OH is 1. The molecular weight excluding hydrogens is 268 g/mol. The van der Waals surface area contributed by atoms with Gasteiger partial charge in [0.05, 0.1) is 5.75 Å². The number of hydrogen-bond donors (Lipinski definition) is 2. The van der Waals surface area contributed by atoms with E-state index in [1.807, 2.05) is 38.1 Å². The molecule has 1 aromatic carbocycles. The first kappa shape index (κ1) is 16.4. The van der Waals surface area contributed by atoms with Gasteiger partial charge in [0.25, 0.3) is 0 Å². The van der Waals surface area contributed by atoms with E-state index in [1.165, 1.54) is 11.8 Å². The minimum atomic E-state index is -2.27. The van der Waals surface area contributed by atoms with Crippen LogP contribution in [0.2, 0.25) is 0 Å². The van der Waals surface area contributed by atoms with Crippen molar-refractivity contribution < 1.29 is 13.9 Å². The van der Waals surface area contributed by atoms with E-state index < -0.39 is 6.43 Å².